The molecule has 5 aromatic rings. The van der Waals surface area contributed by atoms with E-state index in [-0.39, 0.29) is 5.91 Å². The molecule has 1 amide bonds. The average Bonchev–Trinajstić information content (AvgIpc) is 3.52. The summed E-state index contributed by atoms with van der Waals surface area (Å²) in [7, 11) is 1.66. The van der Waals surface area contributed by atoms with Gasteiger partial charge in [0, 0.05) is 46.4 Å². The molecule has 7 heteroatoms. The van der Waals surface area contributed by atoms with Crippen LogP contribution in [0.2, 0.25) is 0 Å². The number of thiazole rings is 1. The normalized spacial score (nSPS) is 11.0. The zero-order valence-corrected chi connectivity index (χ0v) is 19.6. The summed E-state index contributed by atoms with van der Waals surface area (Å²) in [6.07, 6.45) is 4.53. The fraction of sp³-hybridized carbons (Fsp3) is 0.148. The number of carbonyl (C=O) groups is 1. The lowest BCUT2D eigenvalue weighted by atomic mass is 10.0. The number of pyridine rings is 1. The van der Waals surface area contributed by atoms with Gasteiger partial charge in [-0.05, 0) is 60.0 Å². The Morgan fingerprint density at radius 1 is 1.03 bits per heavy atom. The molecule has 0 radical (unpaired) electrons. The highest BCUT2D eigenvalue weighted by Crippen LogP contribution is 2.32. The largest absolute Gasteiger partial charge is 0.497 e. The van der Waals surface area contributed by atoms with Gasteiger partial charge in [0.05, 0.1) is 19.3 Å². The van der Waals surface area contributed by atoms with Crippen molar-refractivity contribution in [3.8, 4) is 28.3 Å². The number of hydrogen-bond donors (Lipinski definition) is 2. The summed E-state index contributed by atoms with van der Waals surface area (Å²) in [5.74, 6) is 0.821. The predicted octanol–water partition coefficient (Wildman–Crippen LogP) is 5.61. The standard InChI is InChI=1S/C27H24N4O2S/c1-33-20-8-6-19(7-9-20)27-22(21-4-2-3-5-23(21)31-27)10-11-25(32)29-16-26-30-24(17-34-26)18-12-14-28-15-13-18/h2-9,12-15,17,31H,10-11,16H2,1H3,(H,29,32). The lowest BCUT2D eigenvalue weighted by Crippen LogP contribution is -2.23. The molecule has 0 saturated heterocycles. The van der Waals surface area contributed by atoms with E-state index in [2.05, 4.69) is 32.4 Å². The number of nitrogens with one attached hydrogen (secondary N) is 2. The maximum absolute atomic E-state index is 12.7. The number of methoxy groups -OCH3 is 1. The summed E-state index contributed by atoms with van der Waals surface area (Å²) in [5.41, 5.74) is 6.24. The van der Waals surface area contributed by atoms with Gasteiger partial charge in [-0.15, -0.1) is 11.3 Å². The zero-order chi connectivity index (χ0) is 23.3. The number of carbonyl (C=O) groups excluding carboxylic acids is 1. The van der Waals surface area contributed by atoms with Crippen LogP contribution in [-0.4, -0.2) is 28.0 Å². The van der Waals surface area contributed by atoms with Crippen molar-refractivity contribution in [2.24, 2.45) is 0 Å². The molecule has 0 atom stereocenters. The monoisotopic (exact) mass is 468 g/mol. The fourth-order valence-electron chi connectivity index (χ4n) is 4.01. The number of ether oxygens (including phenoxy) is 1. The van der Waals surface area contributed by atoms with E-state index < -0.39 is 0 Å². The molecule has 0 fully saturated rings. The van der Waals surface area contributed by atoms with Crippen LogP contribution in [0.3, 0.4) is 0 Å². The highest BCUT2D eigenvalue weighted by atomic mass is 32.1. The maximum Gasteiger partial charge on any atom is 0.220 e. The van der Waals surface area contributed by atoms with Crippen molar-refractivity contribution >= 4 is 28.1 Å². The third-order valence-electron chi connectivity index (χ3n) is 5.76. The first-order chi connectivity index (χ1) is 16.7. The second-order valence-electron chi connectivity index (χ2n) is 7.89. The quantitative estimate of drug-likeness (QED) is 0.310. The Bertz CT molecular complexity index is 1410. The first kappa shape index (κ1) is 21.9. The molecule has 34 heavy (non-hydrogen) atoms. The molecular weight excluding hydrogens is 444 g/mol. The van der Waals surface area contributed by atoms with Crippen LogP contribution in [-0.2, 0) is 17.8 Å². The number of aryl methyl sites for hydroxylation is 1. The van der Waals surface area contributed by atoms with Crippen molar-refractivity contribution in [2.75, 3.05) is 7.11 Å². The third-order valence-corrected chi connectivity index (χ3v) is 6.61. The van der Waals surface area contributed by atoms with Crippen molar-refractivity contribution < 1.29 is 9.53 Å². The lowest BCUT2D eigenvalue weighted by Gasteiger charge is -2.07. The van der Waals surface area contributed by atoms with Crippen LogP contribution in [0.5, 0.6) is 5.75 Å². The number of aromatic nitrogens is 3. The van der Waals surface area contributed by atoms with Gasteiger partial charge in [-0.1, -0.05) is 18.2 Å². The molecule has 5 rings (SSSR count). The Labute approximate surface area is 201 Å². The van der Waals surface area contributed by atoms with Crippen LogP contribution in [0.4, 0.5) is 0 Å². The molecule has 2 N–H and O–H groups in total. The first-order valence-corrected chi connectivity index (χ1v) is 11.9. The number of benzene rings is 2. The molecular formula is C27H24N4O2S. The minimum atomic E-state index is 0.00613. The Kier molecular flexibility index (Phi) is 6.35. The molecule has 6 nitrogen and oxygen atoms in total. The number of para-hydroxylation sites is 1. The number of rotatable bonds is 8. The summed E-state index contributed by atoms with van der Waals surface area (Å²) in [6, 6.07) is 20.0. The number of H-pyrrole nitrogens is 1. The summed E-state index contributed by atoms with van der Waals surface area (Å²) < 4.78 is 5.29. The van der Waals surface area contributed by atoms with Gasteiger partial charge in [-0.25, -0.2) is 4.98 Å². The first-order valence-electron chi connectivity index (χ1n) is 11.1. The van der Waals surface area contributed by atoms with Crippen LogP contribution >= 0.6 is 11.3 Å². The molecule has 3 aromatic heterocycles. The van der Waals surface area contributed by atoms with E-state index in [4.69, 9.17) is 4.74 Å². The van der Waals surface area contributed by atoms with E-state index in [1.807, 2.05) is 53.9 Å². The van der Waals surface area contributed by atoms with Crippen molar-refractivity contribution in [3.63, 3.8) is 0 Å². The fourth-order valence-corrected chi connectivity index (χ4v) is 4.76. The number of hydrogen-bond acceptors (Lipinski definition) is 5. The van der Waals surface area contributed by atoms with Gasteiger partial charge in [-0.2, -0.15) is 0 Å². The van der Waals surface area contributed by atoms with Crippen LogP contribution in [0.1, 0.15) is 17.0 Å². The van der Waals surface area contributed by atoms with Crippen molar-refractivity contribution in [1.29, 1.82) is 0 Å². The molecule has 0 spiro atoms. The van der Waals surface area contributed by atoms with Gasteiger partial charge in [-0.3, -0.25) is 9.78 Å². The molecule has 0 unspecified atom stereocenters. The molecule has 0 aliphatic carbocycles. The van der Waals surface area contributed by atoms with Crippen molar-refractivity contribution in [3.05, 3.63) is 89.0 Å². The topological polar surface area (TPSA) is 79.9 Å². The van der Waals surface area contributed by atoms with Crippen LogP contribution in [0.25, 0.3) is 33.4 Å². The van der Waals surface area contributed by atoms with Gasteiger partial charge in [0.1, 0.15) is 10.8 Å². The van der Waals surface area contributed by atoms with Gasteiger partial charge < -0.3 is 15.0 Å². The van der Waals surface area contributed by atoms with Crippen LogP contribution in [0, 0.1) is 0 Å². The Balaban J connectivity index is 1.27. The highest BCUT2D eigenvalue weighted by Gasteiger charge is 2.15. The second kappa shape index (κ2) is 9.89. The minimum absolute atomic E-state index is 0.00613. The number of nitrogens with zero attached hydrogens (tertiary/aromatic N) is 2. The van der Waals surface area contributed by atoms with E-state index in [0.29, 0.717) is 19.4 Å². The molecule has 3 heterocycles. The second-order valence-corrected chi connectivity index (χ2v) is 8.83. The number of aromatic amines is 1. The molecule has 0 aliphatic rings. The van der Waals surface area contributed by atoms with E-state index in [0.717, 1.165) is 49.7 Å². The number of fused-ring (bicyclic) bond motifs is 1. The third kappa shape index (κ3) is 4.70. The maximum atomic E-state index is 12.7. The van der Waals surface area contributed by atoms with E-state index in [9.17, 15) is 4.79 Å². The van der Waals surface area contributed by atoms with E-state index >= 15 is 0 Å². The smallest absolute Gasteiger partial charge is 0.220 e. The molecule has 170 valence electrons. The Morgan fingerprint density at radius 2 is 1.82 bits per heavy atom. The van der Waals surface area contributed by atoms with Crippen LogP contribution in [0.15, 0.2) is 78.4 Å². The average molecular weight is 469 g/mol. The summed E-state index contributed by atoms with van der Waals surface area (Å²) in [5, 5.41) is 7.04. The summed E-state index contributed by atoms with van der Waals surface area (Å²) in [4.78, 5) is 24.9. The van der Waals surface area contributed by atoms with E-state index in [1.165, 1.54) is 0 Å². The van der Waals surface area contributed by atoms with Gasteiger partial charge in [0.15, 0.2) is 0 Å². The highest BCUT2D eigenvalue weighted by molar-refractivity contribution is 7.09. The van der Waals surface area contributed by atoms with Gasteiger partial charge in [0.25, 0.3) is 0 Å². The van der Waals surface area contributed by atoms with Crippen molar-refractivity contribution in [1.82, 2.24) is 20.3 Å². The van der Waals surface area contributed by atoms with E-state index in [1.54, 1.807) is 30.8 Å². The minimum Gasteiger partial charge on any atom is -0.497 e. The van der Waals surface area contributed by atoms with Gasteiger partial charge in [0.2, 0.25) is 5.91 Å². The Hall–Kier alpha value is -3.97. The van der Waals surface area contributed by atoms with Gasteiger partial charge >= 0.3 is 0 Å². The molecule has 0 aliphatic heterocycles. The zero-order valence-electron chi connectivity index (χ0n) is 18.7. The molecule has 0 bridgehead atoms. The summed E-state index contributed by atoms with van der Waals surface area (Å²) >= 11 is 1.55. The SMILES string of the molecule is COc1ccc(-c2[nH]c3ccccc3c2CCC(=O)NCc2nc(-c3ccncc3)cs2)cc1. The molecule has 2 aromatic carbocycles. The van der Waals surface area contributed by atoms with Crippen LogP contribution < -0.4 is 10.1 Å². The number of amides is 1. The van der Waals surface area contributed by atoms with Crippen molar-refractivity contribution in [2.45, 2.75) is 19.4 Å². The Morgan fingerprint density at radius 3 is 2.62 bits per heavy atom. The summed E-state index contributed by atoms with van der Waals surface area (Å²) in [6.45, 7) is 0.424. The molecule has 0 saturated carbocycles. The predicted molar refractivity (Wildman–Crippen MR) is 136 cm³/mol. The lowest BCUT2D eigenvalue weighted by molar-refractivity contribution is -0.121.